The molecule has 0 aliphatic heterocycles. The number of para-hydroxylation sites is 2. The molecule has 142 valence electrons. The van der Waals surface area contributed by atoms with Crippen molar-refractivity contribution in [3.8, 4) is 0 Å². The van der Waals surface area contributed by atoms with Gasteiger partial charge in [0.05, 0.1) is 23.1 Å². The predicted octanol–water partition coefficient (Wildman–Crippen LogP) is 5.72. The third-order valence-corrected chi connectivity index (χ3v) is 4.54. The van der Waals surface area contributed by atoms with E-state index in [1.54, 1.807) is 6.07 Å². The average Bonchev–Trinajstić information content (AvgIpc) is 3.04. The maximum absolute atomic E-state index is 12.9. The number of imidazole rings is 1. The fourth-order valence-electron chi connectivity index (χ4n) is 3.18. The predicted molar refractivity (Wildman–Crippen MR) is 104 cm³/mol. The Kier molecular flexibility index (Phi) is 4.77. The Hall–Kier alpha value is -3.28. The van der Waals surface area contributed by atoms with Crippen LogP contribution in [0.2, 0.25) is 0 Å². The van der Waals surface area contributed by atoms with Gasteiger partial charge in [0.2, 0.25) is 5.95 Å². The molecule has 3 nitrogen and oxygen atoms in total. The van der Waals surface area contributed by atoms with Gasteiger partial charge in [0, 0.05) is 6.54 Å². The fraction of sp³-hybridized carbons (Fsp3) is 0.136. The summed E-state index contributed by atoms with van der Waals surface area (Å²) in [7, 11) is 0. The van der Waals surface area contributed by atoms with Crippen molar-refractivity contribution < 1.29 is 13.2 Å². The van der Waals surface area contributed by atoms with Crippen molar-refractivity contribution in [3.63, 3.8) is 0 Å². The summed E-state index contributed by atoms with van der Waals surface area (Å²) in [5, 5.41) is 3.20. The highest BCUT2D eigenvalue weighted by molar-refractivity contribution is 5.78. The summed E-state index contributed by atoms with van der Waals surface area (Å²) in [6.07, 6.45) is -4.35. The van der Waals surface area contributed by atoms with E-state index >= 15 is 0 Å². The summed E-state index contributed by atoms with van der Waals surface area (Å²) < 4.78 is 40.9. The lowest BCUT2D eigenvalue weighted by Crippen LogP contribution is -2.10. The van der Waals surface area contributed by atoms with Crippen molar-refractivity contribution in [1.29, 1.82) is 0 Å². The first kappa shape index (κ1) is 18.1. The van der Waals surface area contributed by atoms with E-state index in [4.69, 9.17) is 0 Å². The summed E-state index contributed by atoms with van der Waals surface area (Å²) in [6, 6.07) is 23.1. The number of nitrogens with zero attached hydrogens (tertiary/aromatic N) is 2. The number of nitrogens with one attached hydrogen (secondary N) is 1. The maximum atomic E-state index is 12.9. The van der Waals surface area contributed by atoms with E-state index < -0.39 is 11.7 Å². The number of fused-ring (bicyclic) bond motifs is 1. The van der Waals surface area contributed by atoms with Crippen LogP contribution in [0.15, 0.2) is 78.9 Å². The minimum Gasteiger partial charge on any atom is -0.352 e. The van der Waals surface area contributed by atoms with Crippen LogP contribution in [0.4, 0.5) is 19.1 Å². The molecule has 3 aromatic carbocycles. The molecule has 1 heterocycles. The third-order valence-electron chi connectivity index (χ3n) is 4.54. The number of benzene rings is 3. The number of alkyl halides is 3. The molecular weight excluding hydrogens is 363 g/mol. The van der Waals surface area contributed by atoms with Gasteiger partial charge in [-0.05, 0) is 35.4 Å². The van der Waals surface area contributed by atoms with E-state index in [2.05, 4.69) is 10.3 Å². The van der Waals surface area contributed by atoms with Gasteiger partial charge in [0.25, 0.3) is 0 Å². The first-order valence-electron chi connectivity index (χ1n) is 8.90. The molecule has 0 bridgehead atoms. The maximum Gasteiger partial charge on any atom is 0.416 e. The summed E-state index contributed by atoms with van der Waals surface area (Å²) >= 11 is 0. The largest absolute Gasteiger partial charge is 0.416 e. The highest BCUT2D eigenvalue weighted by atomic mass is 19.4. The van der Waals surface area contributed by atoms with E-state index in [9.17, 15) is 13.2 Å². The van der Waals surface area contributed by atoms with E-state index in [1.807, 2.05) is 59.2 Å². The molecule has 0 fully saturated rings. The quantitative estimate of drug-likeness (QED) is 0.479. The van der Waals surface area contributed by atoms with Crippen LogP contribution in [0, 0.1) is 0 Å². The van der Waals surface area contributed by atoms with Gasteiger partial charge in [0.1, 0.15) is 0 Å². The lowest BCUT2D eigenvalue weighted by atomic mass is 10.1. The molecule has 1 N–H and O–H groups in total. The van der Waals surface area contributed by atoms with Gasteiger partial charge in [-0.25, -0.2) is 4.98 Å². The molecule has 0 aliphatic carbocycles. The summed E-state index contributed by atoms with van der Waals surface area (Å²) in [6.45, 7) is 0.869. The van der Waals surface area contributed by atoms with Crippen LogP contribution in [-0.4, -0.2) is 9.55 Å². The van der Waals surface area contributed by atoms with Gasteiger partial charge in [-0.2, -0.15) is 13.2 Å². The molecular formula is C22H18F3N3. The van der Waals surface area contributed by atoms with Crippen molar-refractivity contribution in [2.75, 3.05) is 5.32 Å². The molecule has 6 heteroatoms. The van der Waals surface area contributed by atoms with E-state index in [1.165, 1.54) is 6.07 Å². The van der Waals surface area contributed by atoms with Gasteiger partial charge in [-0.3, -0.25) is 0 Å². The molecule has 0 spiro atoms. The lowest BCUT2D eigenvalue weighted by molar-refractivity contribution is -0.137. The van der Waals surface area contributed by atoms with Crippen LogP contribution in [0.5, 0.6) is 0 Å². The summed E-state index contributed by atoms with van der Waals surface area (Å²) in [5.41, 5.74) is 2.83. The first-order chi connectivity index (χ1) is 13.5. The van der Waals surface area contributed by atoms with Crippen molar-refractivity contribution in [1.82, 2.24) is 9.55 Å². The van der Waals surface area contributed by atoms with Crippen molar-refractivity contribution in [2.45, 2.75) is 19.3 Å². The molecule has 0 unspecified atom stereocenters. The highest BCUT2D eigenvalue weighted by Gasteiger charge is 2.30. The summed E-state index contributed by atoms with van der Waals surface area (Å²) in [4.78, 5) is 4.62. The monoisotopic (exact) mass is 381 g/mol. The lowest BCUT2D eigenvalue weighted by Gasteiger charge is -2.12. The standard InChI is InChI=1S/C22H18F3N3/c23-22(24,25)18-10-6-9-17(13-18)14-26-21-27-19-11-4-5-12-20(19)28(21)15-16-7-2-1-3-8-16/h1-13H,14-15H2,(H,26,27). The Bertz CT molecular complexity index is 1090. The molecule has 0 amide bonds. The van der Waals surface area contributed by atoms with Gasteiger partial charge in [-0.15, -0.1) is 0 Å². The Morgan fingerprint density at radius 1 is 0.821 bits per heavy atom. The van der Waals surface area contributed by atoms with E-state index in [0.29, 0.717) is 18.1 Å². The molecule has 4 rings (SSSR count). The molecule has 0 radical (unpaired) electrons. The van der Waals surface area contributed by atoms with Crippen LogP contribution in [0.25, 0.3) is 11.0 Å². The van der Waals surface area contributed by atoms with Crippen LogP contribution in [0.3, 0.4) is 0 Å². The molecule has 28 heavy (non-hydrogen) atoms. The number of halogens is 3. The zero-order valence-electron chi connectivity index (χ0n) is 14.9. The molecule has 0 saturated heterocycles. The van der Waals surface area contributed by atoms with Gasteiger partial charge >= 0.3 is 6.18 Å². The normalized spacial score (nSPS) is 11.7. The SMILES string of the molecule is FC(F)(F)c1cccc(CNc2nc3ccccc3n2Cc2ccccc2)c1. The Morgan fingerprint density at radius 2 is 1.54 bits per heavy atom. The topological polar surface area (TPSA) is 29.9 Å². The zero-order chi connectivity index (χ0) is 19.6. The van der Waals surface area contributed by atoms with Crippen LogP contribution >= 0.6 is 0 Å². The van der Waals surface area contributed by atoms with Crippen LogP contribution in [-0.2, 0) is 19.3 Å². The van der Waals surface area contributed by atoms with Crippen LogP contribution < -0.4 is 5.32 Å². The van der Waals surface area contributed by atoms with Crippen LogP contribution in [0.1, 0.15) is 16.7 Å². The number of hydrogen-bond donors (Lipinski definition) is 1. The third kappa shape index (κ3) is 3.86. The van der Waals surface area contributed by atoms with Crippen molar-refractivity contribution in [2.24, 2.45) is 0 Å². The van der Waals surface area contributed by atoms with Crippen molar-refractivity contribution >= 4 is 17.0 Å². The second-order valence-corrected chi connectivity index (χ2v) is 6.55. The Balaban J connectivity index is 1.63. The first-order valence-corrected chi connectivity index (χ1v) is 8.90. The second kappa shape index (κ2) is 7.38. The van der Waals surface area contributed by atoms with E-state index in [0.717, 1.165) is 28.7 Å². The molecule has 1 aromatic heterocycles. The smallest absolute Gasteiger partial charge is 0.352 e. The fourth-order valence-corrected chi connectivity index (χ4v) is 3.18. The number of rotatable bonds is 5. The van der Waals surface area contributed by atoms with E-state index in [-0.39, 0.29) is 6.54 Å². The highest BCUT2D eigenvalue weighted by Crippen LogP contribution is 2.30. The summed E-state index contributed by atoms with van der Waals surface area (Å²) in [5.74, 6) is 0.627. The van der Waals surface area contributed by atoms with Gasteiger partial charge < -0.3 is 9.88 Å². The second-order valence-electron chi connectivity index (χ2n) is 6.55. The van der Waals surface area contributed by atoms with Gasteiger partial charge in [-0.1, -0.05) is 54.6 Å². The molecule has 0 saturated carbocycles. The number of anilines is 1. The molecule has 0 aliphatic rings. The molecule has 0 atom stereocenters. The minimum absolute atomic E-state index is 0.252. The average molecular weight is 381 g/mol. The Labute approximate surface area is 160 Å². The number of aromatic nitrogens is 2. The van der Waals surface area contributed by atoms with Gasteiger partial charge in [0.15, 0.2) is 0 Å². The van der Waals surface area contributed by atoms with Crippen molar-refractivity contribution in [3.05, 3.63) is 95.6 Å². The number of hydrogen-bond acceptors (Lipinski definition) is 2. The Morgan fingerprint density at radius 3 is 2.32 bits per heavy atom. The molecule has 4 aromatic rings. The zero-order valence-corrected chi connectivity index (χ0v) is 14.9. The minimum atomic E-state index is -4.35.